The Kier molecular flexibility index (Phi) is 4.27. The van der Waals surface area contributed by atoms with Gasteiger partial charge in [-0.2, -0.15) is 0 Å². The molecule has 0 aromatic carbocycles. The molecular formula is C13H22N4O4. The predicted molar refractivity (Wildman–Crippen MR) is 74.7 cm³/mol. The fourth-order valence-electron chi connectivity index (χ4n) is 3.24. The second-order valence-electron chi connectivity index (χ2n) is 5.71. The Morgan fingerprint density at radius 2 is 2.29 bits per heavy atom. The summed E-state index contributed by atoms with van der Waals surface area (Å²) in [6, 6.07) is 0. The van der Waals surface area contributed by atoms with Gasteiger partial charge < -0.3 is 19.3 Å². The van der Waals surface area contributed by atoms with E-state index in [-0.39, 0.29) is 11.0 Å². The van der Waals surface area contributed by atoms with Crippen molar-refractivity contribution in [1.29, 1.82) is 0 Å². The molecule has 2 fully saturated rings. The maximum absolute atomic E-state index is 11.4. The first-order valence-electron chi connectivity index (χ1n) is 7.48. The third kappa shape index (κ3) is 2.97. The molecule has 118 valence electrons. The van der Waals surface area contributed by atoms with E-state index in [1.165, 1.54) is 0 Å². The summed E-state index contributed by atoms with van der Waals surface area (Å²) < 4.78 is 10.7. The van der Waals surface area contributed by atoms with E-state index in [1.807, 2.05) is 0 Å². The monoisotopic (exact) mass is 298 g/mol. The van der Waals surface area contributed by atoms with Gasteiger partial charge in [-0.15, -0.1) is 0 Å². The molecule has 1 atom stereocenters. The zero-order valence-corrected chi connectivity index (χ0v) is 12.4. The summed E-state index contributed by atoms with van der Waals surface area (Å²) in [5.41, 5.74) is 0.311. The number of hydrogen-bond donors (Lipinski definition) is 0. The Labute approximate surface area is 124 Å². The molecule has 3 aliphatic heterocycles. The number of fused-ring (bicyclic) bond motifs is 1. The average Bonchev–Trinajstić information content (AvgIpc) is 3.09. The van der Waals surface area contributed by atoms with Gasteiger partial charge in [0.05, 0.1) is 24.7 Å². The van der Waals surface area contributed by atoms with E-state index in [0.717, 1.165) is 38.5 Å². The lowest BCUT2D eigenvalue weighted by atomic mass is 10.2. The van der Waals surface area contributed by atoms with Crippen molar-refractivity contribution in [2.45, 2.75) is 19.4 Å². The van der Waals surface area contributed by atoms with E-state index in [4.69, 9.17) is 9.47 Å². The highest BCUT2D eigenvalue weighted by Gasteiger charge is 2.40. The van der Waals surface area contributed by atoms with Gasteiger partial charge in [-0.25, -0.2) is 0 Å². The molecule has 0 amide bonds. The van der Waals surface area contributed by atoms with Crippen LogP contribution in [0, 0.1) is 10.1 Å². The summed E-state index contributed by atoms with van der Waals surface area (Å²) in [7, 11) is 0. The molecule has 3 aliphatic rings. The minimum atomic E-state index is -0.228. The first-order chi connectivity index (χ1) is 10.2. The molecule has 0 aromatic rings. The van der Waals surface area contributed by atoms with Gasteiger partial charge in [0.25, 0.3) is 5.70 Å². The van der Waals surface area contributed by atoms with E-state index in [0.29, 0.717) is 32.2 Å². The lowest BCUT2D eigenvalue weighted by Gasteiger charge is -2.34. The normalized spacial score (nSPS) is 26.6. The molecule has 0 spiro atoms. The molecule has 2 saturated heterocycles. The molecule has 1 unspecified atom stereocenters. The summed E-state index contributed by atoms with van der Waals surface area (Å²) in [5.74, 6) is 0.780. The summed E-state index contributed by atoms with van der Waals surface area (Å²) in [6.07, 6.45) is 1.02. The van der Waals surface area contributed by atoms with E-state index < -0.39 is 0 Å². The lowest BCUT2D eigenvalue weighted by molar-refractivity contribution is -0.433. The SMILES string of the molecule is CCCN1CC([N+](=O)[O-])=C2N(CC3COCO3)CCN2C1. The Morgan fingerprint density at radius 3 is 2.95 bits per heavy atom. The van der Waals surface area contributed by atoms with Crippen molar-refractivity contribution < 1.29 is 14.4 Å². The van der Waals surface area contributed by atoms with Gasteiger partial charge in [-0.3, -0.25) is 15.0 Å². The Morgan fingerprint density at radius 1 is 1.43 bits per heavy atom. The van der Waals surface area contributed by atoms with Gasteiger partial charge in [0.2, 0.25) is 0 Å². The summed E-state index contributed by atoms with van der Waals surface area (Å²) in [5, 5.41) is 11.4. The van der Waals surface area contributed by atoms with Crippen molar-refractivity contribution in [2.75, 3.05) is 52.8 Å². The standard InChI is InChI=1S/C13H22N4O4/c1-2-3-14-7-12(17(18)19)13-15(4-5-16(13)9-14)6-11-8-20-10-21-11/h11H,2-10H2,1H3. The van der Waals surface area contributed by atoms with Crippen LogP contribution in [-0.2, 0) is 9.47 Å². The van der Waals surface area contributed by atoms with Crippen LogP contribution in [0.4, 0.5) is 0 Å². The van der Waals surface area contributed by atoms with Crippen LogP contribution < -0.4 is 0 Å². The van der Waals surface area contributed by atoms with Crippen LogP contribution in [0.1, 0.15) is 13.3 Å². The van der Waals surface area contributed by atoms with Crippen molar-refractivity contribution in [3.63, 3.8) is 0 Å². The van der Waals surface area contributed by atoms with Crippen molar-refractivity contribution in [1.82, 2.24) is 14.7 Å². The van der Waals surface area contributed by atoms with Crippen molar-refractivity contribution in [3.8, 4) is 0 Å². The number of ether oxygens (including phenoxy) is 2. The molecule has 0 bridgehead atoms. The molecule has 8 heteroatoms. The minimum Gasteiger partial charge on any atom is -0.353 e. The largest absolute Gasteiger partial charge is 0.353 e. The Balaban J connectivity index is 1.78. The van der Waals surface area contributed by atoms with E-state index in [9.17, 15) is 10.1 Å². The third-order valence-electron chi connectivity index (χ3n) is 4.12. The van der Waals surface area contributed by atoms with Crippen LogP contribution in [0.25, 0.3) is 0 Å². The first kappa shape index (κ1) is 14.6. The van der Waals surface area contributed by atoms with Crippen LogP contribution in [-0.4, -0.2) is 78.5 Å². The number of nitro groups is 1. The van der Waals surface area contributed by atoms with Crippen LogP contribution in [0.3, 0.4) is 0 Å². The molecule has 0 saturated carbocycles. The molecule has 21 heavy (non-hydrogen) atoms. The molecule has 0 aliphatic carbocycles. The maximum Gasteiger partial charge on any atom is 0.300 e. The zero-order valence-electron chi connectivity index (χ0n) is 12.4. The quantitative estimate of drug-likeness (QED) is 0.527. The summed E-state index contributed by atoms with van der Waals surface area (Å²) in [6.45, 7) is 7.39. The average molecular weight is 298 g/mol. The topological polar surface area (TPSA) is 71.3 Å². The van der Waals surface area contributed by atoms with Gasteiger partial charge in [0, 0.05) is 26.2 Å². The molecular weight excluding hydrogens is 276 g/mol. The van der Waals surface area contributed by atoms with Gasteiger partial charge in [-0.05, 0) is 6.42 Å². The number of nitrogens with zero attached hydrogens (tertiary/aromatic N) is 4. The fraction of sp³-hybridized carbons (Fsp3) is 0.846. The predicted octanol–water partition coefficient (Wildman–Crippen LogP) is 0.106. The Hall–Kier alpha value is -1.38. The van der Waals surface area contributed by atoms with Gasteiger partial charge >= 0.3 is 0 Å². The number of hydrogen-bond acceptors (Lipinski definition) is 7. The highest BCUT2D eigenvalue weighted by Crippen LogP contribution is 2.28. The molecule has 0 N–H and O–H groups in total. The third-order valence-corrected chi connectivity index (χ3v) is 4.12. The molecule has 3 heterocycles. The van der Waals surface area contributed by atoms with Gasteiger partial charge in [0.1, 0.15) is 12.9 Å². The smallest absolute Gasteiger partial charge is 0.300 e. The van der Waals surface area contributed by atoms with Gasteiger partial charge in [-0.1, -0.05) is 6.92 Å². The lowest BCUT2D eigenvalue weighted by Crippen LogP contribution is -2.46. The summed E-state index contributed by atoms with van der Waals surface area (Å²) in [4.78, 5) is 17.6. The van der Waals surface area contributed by atoms with E-state index in [2.05, 4.69) is 21.6 Å². The molecule has 3 rings (SSSR count). The van der Waals surface area contributed by atoms with Crippen LogP contribution in [0.2, 0.25) is 0 Å². The fourth-order valence-corrected chi connectivity index (χ4v) is 3.24. The maximum atomic E-state index is 11.4. The van der Waals surface area contributed by atoms with Crippen LogP contribution in [0.15, 0.2) is 11.5 Å². The number of rotatable bonds is 5. The highest BCUT2D eigenvalue weighted by atomic mass is 16.7. The second-order valence-corrected chi connectivity index (χ2v) is 5.71. The van der Waals surface area contributed by atoms with Crippen molar-refractivity contribution >= 4 is 0 Å². The van der Waals surface area contributed by atoms with E-state index in [1.54, 1.807) is 0 Å². The molecule has 0 radical (unpaired) electrons. The van der Waals surface area contributed by atoms with Crippen molar-refractivity contribution in [2.24, 2.45) is 0 Å². The second kappa shape index (κ2) is 6.17. The first-order valence-corrected chi connectivity index (χ1v) is 7.48. The Bertz CT molecular complexity index is 436. The van der Waals surface area contributed by atoms with Crippen LogP contribution in [0.5, 0.6) is 0 Å². The summed E-state index contributed by atoms with van der Waals surface area (Å²) >= 11 is 0. The molecule has 8 nitrogen and oxygen atoms in total. The highest BCUT2D eigenvalue weighted by molar-refractivity contribution is 5.15. The molecule has 0 aromatic heterocycles. The van der Waals surface area contributed by atoms with Crippen LogP contribution >= 0.6 is 0 Å². The zero-order chi connectivity index (χ0) is 14.8. The minimum absolute atomic E-state index is 0.0131. The van der Waals surface area contributed by atoms with Crippen molar-refractivity contribution in [3.05, 3.63) is 21.6 Å². The van der Waals surface area contributed by atoms with E-state index >= 15 is 0 Å². The van der Waals surface area contributed by atoms with Gasteiger partial charge in [0.15, 0.2) is 5.82 Å².